The van der Waals surface area contributed by atoms with Crippen LogP contribution in [0.3, 0.4) is 0 Å². The molecule has 5 N–H and O–H groups in total. The van der Waals surface area contributed by atoms with E-state index in [1.165, 1.54) is 0 Å². The van der Waals surface area contributed by atoms with Gasteiger partial charge in [0.1, 0.15) is 0 Å². The van der Waals surface area contributed by atoms with Crippen molar-refractivity contribution in [2.24, 2.45) is 11.7 Å². The lowest BCUT2D eigenvalue weighted by atomic mass is 10.0. The summed E-state index contributed by atoms with van der Waals surface area (Å²) in [6.45, 7) is 5.96. The van der Waals surface area contributed by atoms with Gasteiger partial charge in [0.05, 0.1) is 19.2 Å². The summed E-state index contributed by atoms with van der Waals surface area (Å²) >= 11 is 0. The van der Waals surface area contributed by atoms with Crippen LogP contribution < -0.4 is 16.4 Å². The SMILES string of the molecule is CCC(C)C(C)NC(=O)NCc1nc(C(N)CO)no1. The average molecular weight is 285 g/mol. The van der Waals surface area contributed by atoms with Crippen molar-refractivity contribution in [2.75, 3.05) is 6.61 Å². The van der Waals surface area contributed by atoms with Crippen LogP contribution in [0.25, 0.3) is 0 Å². The quantitative estimate of drug-likeness (QED) is 0.570. The Morgan fingerprint density at radius 3 is 2.80 bits per heavy atom. The number of rotatable bonds is 7. The highest BCUT2D eigenvalue weighted by molar-refractivity contribution is 5.74. The number of carbonyl (C=O) groups is 1. The third-order valence-corrected chi connectivity index (χ3v) is 3.27. The molecule has 2 amide bonds. The predicted octanol–water partition coefficient (Wildman–Crippen LogP) is 0.296. The molecule has 8 heteroatoms. The van der Waals surface area contributed by atoms with Crippen molar-refractivity contribution in [3.8, 4) is 0 Å². The summed E-state index contributed by atoms with van der Waals surface area (Å²) in [6.07, 6.45) is 0.994. The van der Waals surface area contributed by atoms with Crippen molar-refractivity contribution in [2.45, 2.75) is 45.8 Å². The van der Waals surface area contributed by atoms with E-state index in [1.807, 2.05) is 6.92 Å². The summed E-state index contributed by atoms with van der Waals surface area (Å²) in [5.74, 6) is 0.867. The number of nitrogens with one attached hydrogen (secondary N) is 2. The van der Waals surface area contributed by atoms with Gasteiger partial charge in [-0.3, -0.25) is 0 Å². The molecule has 3 atom stereocenters. The lowest BCUT2D eigenvalue weighted by Gasteiger charge is -2.19. The second-order valence-electron chi connectivity index (χ2n) is 4.84. The van der Waals surface area contributed by atoms with Gasteiger partial charge in [0.15, 0.2) is 5.82 Å². The zero-order valence-corrected chi connectivity index (χ0v) is 12.1. The Bertz CT molecular complexity index is 423. The van der Waals surface area contributed by atoms with Gasteiger partial charge in [-0.05, 0) is 12.8 Å². The second kappa shape index (κ2) is 7.81. The smallest absolute Gasteiger partial charge is 0.315 e. The molecule has 0 saturated heterocycles. The van der Waals surface area contributed by atoms with Crippen LogP contribution in [-0.2, 0) is 6.54 Å². The molecule has 0 spiro atoms. The summed E-state index contributed by atoms with van der Waals surface area (Å²) < 4.78 is 4.92. The number of aliphatic hydroxyl groups is 1. The Morgan fingerprint density at radius 2 is 2.20 bits per heavy atom. The van der Waals surface area contributed by atoms with Crippen molar-refractivity contribution >= 4 is 6.03 Å². The summed E-state index contributed by atoms with van der Waals surface area (Å²) in [5, 5.41) is 18.0. The van der Waals surface area contributed by atoms with E-state index in [0.29, 0.717) is 5.92 Å². The van der Waals surface area contributed by atoms with Crippen LogP contribution in [0.2, 0.25) is 0 Å². The Morgan fingerprint density at radius 1 is 1.50 bits per heavy atom. The number of urea groups is 1. The van der Waals surface area contributed by atoms with Gasteiger partial charge in [-0.1, -0.05) is 25.4 Å². The lowest BCUT2D eigenvalue weighted by Crippen LogP contribution is -2.43. The predicted molar refractivity (Wildman–Crippen MR) is 72.6 cm³/mol. The average Bonchev–Trinajstić information content (AvgIpc) is 2.92. The zero-order valence-electron chi connectivity index (χ0n) is 12.1. The number of aromatic nitrogens is 2. The molecule has 0 saturated carbocycles. The molecule has 1 rings (SSSR count). The van der Waals surface area contributed by atoms with E-state index in [1.54, 1.807) is 0 Å². The first-order valence-corrected chi connectivity index (χ1v) is 6.71. The van der Waals surface area contributed by atoms with Gasteiger partial charge < -0.3 is 26.0 Å². The van der Waals surface area contributed by atoms with Crippen LogP contribution in [0, 0.1) is 5.92 Å². The lowest BCUT2D eigenvalue weighted by molar-refractivity contribution is 0.231. The second-order valence-corrected chi connectivity index (χ2v) is 4.84. The minimum Gasteiger partial charge on any atom is -0.394 e. The van der Waals surface area contributed by atoms with Crippen molar-refractivity contribution in [1.82, 2.24) is 20.8 Å². The molecule has 20 heavy (non-hydrogen) atoms. The van der Waals surface area contributed by atoms with Gasteiger partial charge in [0, 0.05) is 6.04 Å². The van der Waals surface area contributed by atoms with Crippen LogP contribution in [0.1, 0.15) is 44.9 Å². The van der Waals surface area contributed by atoms with Gasteiger partial charge in [-0.25, -0.2) is 4.79 Å². The first-order chi connectivity index (χ1) is 9.47. The summed E-state index contributed by atoms with van der Waals surface area (Å²) in [4.78, 5) is 15.6. The van der Waals surface area contributed by atoms with E-state index in [0.717, 1.165) is 6.42 Å². The Balaban J connectivity index is 2.39. The number of hydrogen-bond acceptors (Lipinski definition) is 6. The minimum atomic E-state index is -0.674. The minimum absolute atomic E-state index is 0.0843. The maximum atomic E-state index is 11.7. The number of carbonyl (C=O) groups excluding carboxylic acids is 1. The van der Waals surface area contributed by atoms with Crippen LogP contribution in [0.15, 0.2) is 4.52 Å². The van der Waals surface area contributed by atoms with E-state index in [9.17, 15) is 4.79 Å². The van der Waals surface area contributed by atoms with Crippen molar-refractivity contribution in [3.63, 3.8) is 0 Å². The molecule has 0 aromatic carbocycles. The van der Waals surface area contributed by atoms with E-state index in [-0.39, 0.29) is 36.9 Å². The fourth-order valence-corrected chi connectivity index (χ4v) is 1.48. The van der Waals surface area contributed by atoms with Gasteiger partial charge in [-0.2, -0.15) is 4.98 Å². The van der Waals surface area contributed by atoms with Crippen LogP contribution >= 0.6 is 0 Å². The topological polar surface area (TPSA) is 126 Å². The van der Waals surface area contributed by atoms with Crippen molar-refractivity contribution in [3.05, 3.63) is 11.7 Å². The fourth-order valence-electron chi connectivity index (χ4n) is 1.48. The highest BCUT2D eigenvalue weighted by atomic mass is 16.5. The van der Waals surface area contributed by atoms with Crippen molar-refractivity contribution < 1.29 is 14.4 Å². The fraction of sp³-hybridized carbons (Fsp3) is 0.750. The van der Waals surface area contributed by atoms with E-state index < -0.39 is 6.04 Å². The number of hydrogen-bond donors (Lipinski definition) is 4. The molecule has 0 aliphatic heterocycles. The highest BCUT2D eigenvalue weighted by Crippen LogP contribution is 2.07. The Labute approximate surface area is 118 Å². The third-order valence-electron chi connectivity index (χ3n) is 3.27. The van der Waals surface area contributed by atoms with E-state index in [4.69, 9.17) is 15.4 Å². The number of amides is 2. The normalized spacial score (nSPS) is 15.4. The monoisotopic (exact) mass is 285 g/mol. The van der Waals surface area contributed by atoms with E-state index in [2.05, 4.69) is 34.6 Å². The maximum absolute atomic E-state index is 11.7. The Kier molecular flexibility index (Phi) is 6.40. The summed E-state index contributed by atoms with van der Waals surface area (Å²) in [7, 11) is 0. The Hall–Kier alpha value is -1.67. The van der Waals surface area contributed by atoms with Crippen LogP contribution in [0.5, 0.6) is 0 Å². The molecule has 0 radical (unpaired) electrons. The van der Waals surface area contributed by atoms with Gasteiger partial charge in [-0.15, -0.1) is 0 Å². The first kappa shape index (κ1) is 16.4. The third kappa shape index (κ3) is 4.78. The maximum Gasteiger partial charge on any atom is 0.315 e. The first-order valence-electron chi connectivity index (χ1n) is 6.71. The number of aliphatic hydroxyl groups excluding tert-OH is 1. The molecule has 114 valence electrons. The number of nitrogens with zero attached hydrogens (tertiary/aromatic N) is 2. The molecule has 8 nitrogen and oxygen atoms in total. The number of nitrogens with two attached hydrogens (primary N) is 1. The molecule has 1 heterocycles. The molecule has 0 aliphatic rings. The van der Waals surface area contributed by atoms with Crippen LogP contribution in [0.4, 0.5) is 4.79 Å². The molecular formula is C12H23N5O3. The van der Waals surface area contributed by atoms with Crippen LogP contribution in [-0.4, -0.2) is 33.9 Å². The van der Waals surface area contributed by atoms with Crippen molar-refractivity contribution in [1.29, 1.82) is 0 Å². The zero-order chi connectivity index (χ0) is 15.1. The van der Waals surface area contributed by atoms with E-state index >= 15 is 0 Å². The molecule has 0 aliphatic carbocycles. The molecule has 0 fully saturated rings. The molecule has 1 aromatic rings. The molecule has 3 unspecified atom stereocenters. The summed E-state index contributed by atoms with van der Waals surface area (Å²) in [5.41, 5.74) is 5.54. The van der Waals surface area contributed by atoms with Gasteiger partial charge in [0.25, 0.3) is 0 Å². The largest absolute Gasteiger partial charge is 0.394 e. The molecule has 0 bridgehead atoms. The van der Waals surface area contributed by atoms with Gasteiger partial charge in [0.2, 0.25) is 5.89 Å². The highest BCUT2D eigenvalue weighted by Gasteiger charge is 2.15. The van der Waals surface area contributed by atoms with Gasteiger partial charge >= 0.3 is 6.03 Å². The standard InChI is InChI=1S/C12H23N5O3/c1-4-7(2)8(3)15-12(19)14-5-10-16-11(17-20-10)9(13)6-18/h7-9,18H,4-6,13H2,1-3H3,(H2,14,15,19). The molecular weight excluding hydrogens is 262 g/mol. The summed E-state index contributed by atoms with van der Waals surface area (Å²) in [6, 6.07) is -0.878. The molecule has 1 aromatic heterocycles.